The molecule has 0 heterocycles. The number of benzene rings is 2. The Morgan fingerprint density at radius 1 is 1.00 bits per heavy atom. The molecule has 23 heavy (non-hydrogen) atoms. The second-order valence-electron chi connectivity index (χ2n) is 4.64. The van der Waals surface area contributed by atoms with Gasteiger partial charge in [0.15, 0.2) is 0 Å². The van der Waals surface area contributed by atoms with Crippen molar-refractivity contribution in [1.29, 1.82) is 0 Å². The third-order valence-electron chi connectivity index (χ3n) is 3.02. The minimum absolute atomic E-state index is 0.0185. The zero-order valence-electron chi connectivity index (χ0n) is 12.2. The quantitative estimate of drug-likeness (QED) is 0.831. The van der Waals surface area contributed by atoms with Crippen LogP contribution in [0.3, 0.4) is 0 Å². The number of halogens is 2. The van der Waals surface area contributed by atoms with Gasteiger partial charge in [0.25, 0.3) is 5.91 Å². The summed E-state index contributed by atoms with van der Waals surface area (Å²) in [4.78, 5) is 23.8. The summed E-state index contributed by atoms with van der Waals surface area (Å²) in [5.41, 5.74) is 5.69. The third kappa shape index (κ3) is 4.87. The maximum absolute atomic E-state index is 11.9. The molecule has 2 N–H and O–H groups in total. The number of methoxy groups -OCH3 is 1. The molecule has 0 aliphatic carbocycles. The predicted molar refractivity (Wildman–Crippen MR) is 88.8 cm³/mol. The highest BCUT2D eigenvalue weighted by Crippen LogP contribution is 2.22. The lowest BCUT2D eigenvalue weighted by molar-refractivity contribution is -0.121. The average molecular weight is 353 g/mol. The van der Waals surface area contributed by atoms with Gasteiger partial charge in [-0.2, -0.15) is 0 Å². The predicted octanol–water partition coefficient (Wildman–Crippen LogP) is 3.01. The highest BCUT2D eigenvalue weighted by Gasteiger charge is 2.11. The highest BCUT2D eigenvalue weighted by molar-refractivity contribution is 6.31. The zero-order chi connectivity index (χ0) is 16.8. The molecule has 0 aliphatic rings. The first-order valence-electron chi connectivity index (χ1n) is 6.67. The van der Waals surface area contributed by atoms with Crippen molar-refractivity contribution < 1.29 is 14.3 Å². The lowest BCUT2D eigenvalue weighted by Crippen LogP contribution is -2.42. The first-order valence-corrected chi connectivity index (χ1v) is 7.42. The fourth-order valence-electron chi connectivity index (χ4n) is 1.90. The normalized spacial score (nSPS) is 10.0. The van der Waals surface area contributed by atoms with Gasteiger partial charge in [-0.1, -0.05) is 23.2 Å². The van der Waals surface area contributed by atoms with E-state index in [4.69, 9.17) is 27.9 Å². The van der Waals surface area contributed by atoms with E-state index in [1.54, 1.807) is 42.5 Å². The summed E-state index contributed by atoms with van der Waals surface area (Å²) in [6.07, 6.45) is 0.0185. The summed E-state index contributed by atoms with van der Waals surface area (Å²) in [6.45, 7) is 0. The SMILES string of the molecule is COc1ccc(Cl)cc1CC(=O)NNC(=O)c1ccc(Cl)cc1. The minimum Gasteiger partial charge on any atom is -0.496 e. The van der Waals surface area contributed by atoms with Gasteiger partial charge in [0.2, 0.25) is 5.91 Å². The molecule has 0 aromatic heterocycles. The Balaban J connectivity index is 1.94. The summed E-state index contributed by atoms with van der Waals surface area (Å²) < 4.78 is 5.17. The van der Waals surface area contributed by atoms with Crippen LogP contribution in [-0.2, 0) is 11.2 Å². The Morgan fingerprint density at radius 2 is 1.65 bits per heavy atom. The number of hydrogen-bond donors (Lipinski definition) is 2. The fourth-order valence-corrected chi connectivity index (χ4v) is 2.22. The van der Waals surface area contributed by atoms with Crippen molar-refractivity contribution in [3.05, 3.63) is 63.6 Å². The molecular weight excluding hydrogens is 339 g/mol. The van der Waals surface area contributed by atoms with E-state index in [1.807, 2.05) is 0 Å². The van der Waals surface area contributed by atoms with Crippen molar-refractivity contribution in [2.24, 2.45) is 0 Å². The van der Waals surface area contributed by atoms with E-state index < -0.39 is 11.8 Å². The van der Waals surface area contributed by atoms with Gasteiger partial charge in [0.05, 0.1) is 13.5 Å². The molecule has 0 aliphatic heterocycles. The fraction of sp³-hybridized carbons (Fsp3) is 0.125. The van der Waals surface area contributed by atoms with Crippen molar-refractivity contribution in [3.8, 4) is 5.75 Å². The topological polar surface area (TPSA) is 67.4 Å². The molecule has 2 aromatic rings. The van der Waals surface area contributed by atoms with Crippen LogP contribution in [0.15, 0.2) is 42.5 Å². The van der Waals surface area contributed by atoms with Gasteiger partial charge in [-0.05, 0) is 42.5 Å². The lowest BCUT2D eigenvalue weighted by Gasteiger charge is -2.10. The van der Waals surface area contributed by atoms with Crippen molar-refractivity contribution in [2.45, 2.75) is 6.42 Å². The van der Waals surface area contributed by atoms with E-state index in [0.29, 0.717) is 26.9 Å². The van der Waals surface area contributed by atoms with Crippen LogP contribution >= 0.6 is 23.2 Å². The van der Waals surface area contributed by atoms with Gasteiger partial charge >= 0.3 is 0 Å². The van der Waals surface area contributed by atoms with Gasteiger partial charge in [-0.25, -0.2) is 0 Å². The molecule has 0 atom stereocenters. The minimum atomic E-state index is -0.437. The maximum Gasteiger partial charge on any atom is 0.269 e. The van der Waals surface area contributed by atoms with Crippen LogP contribution in [0.4, 0.5) is 0 Å². The first-order chi connectivity index (χ1) is 11.0. The average Bonchev–Trinajstić information content (AvgIpc) is 2.53. The molecule has 2 rings (SSSR count). The van der Waals surface area contributed by atoms with Crippen molar-refractivity contribution >= 4 is 35.0 Å². The molecule has 0 unspecified atom stereocenters. The molecule has 0 saturated heterocycles. The smallest absolute Gasteiger partial charge is 0.269 e. The highest BCUT2D eigenvalue weighted by atomic mass is 35.5. The van der Waals surface area contributed by atoms with Crippen LogP contribution in [-0.4, -0.2) is 18.9 Å². The number of amides is 2. The summed E-state index contributed by atoms with van der Waals surface area (Å²) in [5.74, 6) is -0.283. The second-order valence-corrected chi connectivity index (χ2v) is 5.52. The first kappa shape index (κ1) is 17.1. The largest absolute Gasteiger partial charge is 0.496 e. The van der Waals surface area contributed by atoms with Gasteiger partial charge in [-0.3, -0.25) is 20.4 Å². The van der Waals surface area contributed by atoms with E-state index in [2.05, 4.69) is 10.9 Å². The molecule has 0 radical (unpaired) electrons. The number of ether oxygens (including phenoxy) is 1. The number of rotatable bonds is 4. The van der Waals surface area contributed by atoms with Crippen LogP contribution in [0.5, 0.6) is 5.75 Å². The molecule has 120 valence electrons. The molecule has 5 nitrogen and oxygen atoms in total. The van der Waals surface area contributed by atoms with E-state index in [9.17, 15) is 9.59 Å². The van der Waals surface area contributed by atoms with Crippen molar-refractivity contribution in [2.75, 3.05) is 7.11 Å². The van der Waals surface area contributed by atoms with E-state index in [0.717, 1.165) is 0 Å². The Kier molecular flexibility index (Phi) is 5.84. The summed E-state index contributed by atoms with van der Waals surface area (Å²) in [6, 6.07) is 11.3. The molecule has 7 heteroatoms. The van der Waals surface area contributed by atoms with Crippen molar-refractivity contribution in [1.82, 2.24) is 10.9 Å². The number of hydrazine groups is 1. The van der Waals surface area contributed by atoms with E-state index >= 15 is 0 Å². The number of carbonyl (C=O) groups excluding carboxylic acids is 2. The molecule has 0 spiro atoms. The lowest BCUT2D eigenvalue weighted by atomic mass is 10.1. The standard InChI is InChI=1S/C16H14Cl2N2O3/c1-23-14-7-6-13(18)8-11(14)9-15(21)19-20-16(22)10-2-4-12(17)5-3-10/h2-8H,9H2,1H3,(H,19,21)(H,20,22). The van der Waals surface area contributed by atoms with Crippen LogP contribution in [0, 0.1) is 0 Å². The third-order valence-corrected chi connectivity index (χ3v) is 3.50. The zero-order valence-corrected chi connectivity index (χ0v) is 13.7. The number of carbonyl (C=O) groups is 2. The van der Waals surface area contributed by atoms with Crippen LogP contribution in [0.25, 0.3) is 0 Å². The molecule has 2 aromatic carbocycles. The molecule has 2 amide bonds. The molecule has 0 saturated carbocycles. The van der Waals surface area contributed by atoms with E-state index in [1.165, 1.54) is 7.11 Å². The molecule has 0 bridgehead atoms. The van der Waals surface area contributed by atoms with Crippen LogP contribution in [0.2, 0.25) is 10.0 Å². The van der Waals surface area contributed by atoms with Crippen LogP contribution in [0.1, 0.15) is 15.9 Å². The van der Waals surface area contributed by atoms with Gasteiger partial charge in [0.1, 0.15) is 5.75 Å². The number of nitrogens with one attached hydrogen (secondary N) is 2. The van der Waals surface area contributed by atoms with Gasteiger partial charge in [0, 0.05) is 21.2 Å². The Labute approximate surface area is 143 Å². The monoisotopic (exact) mass is 352 g/mol. The van der Waals surface area contributed by atoms with Gasteiger partial charge in [-0.15, -0.1) is 0 Å². The Bertz CT molecular complexity index is 718. The maximum atomic E-state index is 11.9. The van der Waals surface area contributed by atoms with Gasteiger partial charge < -0.3 is 4.74 Å². The van der Waals surface area contributed by atoms with Crippen molar-refractivity contribution in [3.63, 3.8) is 0 Å². The van der Waals surface area contributed by atoms with Crippen LogP contribution < -0.4 is 15.6 Å². The number of hydrogen-bond acceptors (Lipinski definition) is 3. The molecule has 0 fully saturated rings. The Morgan fingerprint density at radius 3 is 2.30 bits per heavy atom. The van der Waals surface area contributed by atoms with E-state index in [-0.39, 0.29) is 6.42 Å². The summed E-state index contributed by atoms with van der Waals surface area (Å²) >= 11 is 11.7. The summed E-state index contributed by atoms with van der Waals surface area (Å²) in [7, 11) is 1.51. The Hall–Kier alpha value is -2.24. The summed E-state index contributed by atoms with van der Waals surface area (Å²) in [5, 5.41) is 1.03. The second kappa shape index (κ2) is 7.85. The molecular formula is C16H14Cl2N2O3.